The summed E-state index contributed by atoms with van der Waals surface area (Å²) in [7, 11) is -1.57. The van der Waals surface area contributed by atoms with E-state index in [2.05, 4.69) is 5.32 Å². The van der Waals surface area contributed by atoms with Gasteiger partial charge in [-0.15, -0.1) is 0 Å². The van der Waals surface area contributed by atoms with Gasteiger partial charge >= 0.3 is 0 Å². The maximum absolute atomic E-state index is 14.7. The molecule has 0 aliphatic heterocycles. The predicted octanol–water partition coefficient (Wildman–Crippen LogP) is 5.02. The SMILES string of the molecule is CC[C@H](C)NC(=O)[C@@H](C)N(Cc1ccccc1F)C(=O)CN(c1ccc(Cl)cc1)S(=O)(=O)c1ccc(OC)c(OC)c1. The number of carbonyl (C=O) groups excluding carboxylic acids is 2. The van der Waals surface area contributed by atoms with Crippen molar-refractivity contribution >= 4 is 39.1 Å². The number of hydrogen-bond donors (Lipinski definition) is 1. The number of nitrogens with zero attached hydrogens (tertiary/aromatic N) is 2. The fourth-order valence-electron chi connectivity index (χ4n) is 4.10. The van der Waals surface area contributed by atoms with Crippen molar-refractivity contribution in [3.05, 3.63) is 83.1 Å². The van der Waals surface area contributed by atoms with Gasteiger partial charge in [0.05, 0.1) is 24.8 Å². The van der Waals surface area contributed by atoms with Crippen LogP contribution in [0.2, 0.25) is 5.02 Å². The highest BCUT2D eigenvalue weighted by Crippen LogP contribution is 2.32. The van der Waals surface area contributed by atoms with Crippen molar-refractivity contribution in [3.63, 3.8) is 0 Å². The van der Waals surface area contributed by atoms with Gasteiger partial charge in [0.2, 0.25) is 11.8 Å². The van der Waals surface area contributed by atoms with Gasteiger partial charge in [0.25, 0.3) is 10.0 Å². The lowest BCUT2D eigenvalue weighted by molar-refractivity contribution is -0.139. The van der Waals surface area contributed by atoms with Crippen LogP contribution in [0.5, 0.6) is 11.5 Å². The van der Waals surface area contributed by atoms with Crippen molar-refractivity contribution in [2.24, 2.45) is 0 Å². The van der Waals surface area contributed by atoms with Gasteiger partial charge in [-0.3, -0.25) is 13.9 Å². The molecule has 0 aliphatic carbocycles. The molecule has 0 heterocycles. The Hall–Kier alpha value is -3.83. The second-order valence-corrected chi connectivity index (χ2v) is 11.9. The number of halogens is 2. The van der Waals surface area contributed by atoms with Gasteiger partial charge in [-0.2, -0.15) is 0 Å². The summed E-state index contributed by atoms with van der Waals surface area (Å²) in [6, 6.07) is 14.7. The van der Waals surface area contributed by atoms with Gasteiger partial charge in [0, 0.05) is 29.2 Å². The highest BCUT2D eigenvalue weighted by molar-refractivity contribution is 7.92. The number of methoxy groups -OCH3 is 2. The molecule has 1 N–H and O–H groups in total. The average Bonchev–Trinajstić information content (AvgIpc) is 2.98. The lowest BCUT2D eigenvalue weighted by atomic mass is 10.1. The van der Waals surface area contributed by atoms with Crippen LogP contribution in [-0.2, 0) is 26.2 Å². The van der Waals surface area contributed by atoms with E-state index in [1.165, 1.54) is 86.7 Å². The number of benzene rings is 3. The Morgan fingerprint density at radius 1 is 0.976 bits per heavy atom. The van der Waals surface area contributed by atoms with Gasteiger partial charge in [-0.25, -0.2) is 12.8 Å². The number of ether oxygens (including phenoxy) is 2. The quantitative estimate of drug-likeness (QED) is 0.288. The minimum absolute atomic E-state index is 0.157. The standard InChI is InChI=1S/C30H35ClFN3O6S/c1-6-20(2)33-30(37)21(3)34(18-22-9-7-8-10-26(22)32)29(36)19-35(24-13-11-23(31)12-14-24)42(38,39)25-15-16-27(40-4)28(17-25)41-5/h7-17,20-21H,6,18-19H2,1-5H3,(H,33,37)/t20-,21+/m0/s1. The Morgan fingerprint density at radius 3 is 2.21 bits per heavy atom. The van der Waals surface area contributed by atoms with Crippen LogP contribution in [0.3, 0.4) is 0 Å². The second-order valence-electron chi connectivity index (χ2n) is 9.61. The zero-order chi connectivity index (χ0) is 31.0. The summed E-state index contributed by atoms with van der Waals surface area (Å²) in [5, 5.41) is 3.20. The first-order valence-electron chi connectivity index (χ1n) is 13.3. The highest BCUT2D eigenvalue weighted by atomic mass is 35.5. The van der Waals surface area contributed by atoms with E-state index in [0.29, 0.717) is 17.2 Å². The molecule has 0 fully saturated rings. The van der Waals surface area contributed by atoms with Crippen molar-refractivity contribution in [3.8, 4) is 11.5 Å². The topological polar surface area (TPSA) is 105 Å². The molecule has 3 rings (SSSR count). The average molecular weight is 620 g/mol. The van der Waals surface area contributed by atoms with E-state index >= 15 is 0 Å². The Labute approximate surface area is 251 Å². The second kappa shape index (κ2) is 14.4. The van der Waals surface area contributed by atoms with E-state index in [9.17, 15) is 22.4 Å². The van der Waals surface area contributed by atoms with E-state index in [4.69, 9.17) is 21.1 Å². The van der Waals surface area contributed by atoms with Gasteiger partial charge in [0.1, 0.15) is 18.4 Å². The lowest BCUT2D eigenvalue weighted by Gasteiger charge is -2.32. The van der Waals surface area contributed by atoms with Crippen molar-refractivity contribution in [1.82, 2.24) is 10.2 Å². The first-order valence-corrected chi connectivity index (χ1v) is 15.1. The fourth-order valence-corrected chi connectivity index (χ4v) is 5.65. The number of sulfonamides is 1. The molecular weight excluding hydrogens is 585 g/mol. The van der Waals surface area contributed by atoms with Crippen LogP contribution in [0.15, 0.2) is 71.6 Å². The zero-order valence-electron chi connectivity index (χ0n) is 24.1. The normalized spacial score (nSPS) is 12.6. The maximum atomic E-state index is 14.7. The smallest absolute Gasteiger partial charge is 0.264 e. The van der Waals surface area contributed by atoms with E-state index in [1.54, 1.807) is 6.07 Å². The summed E-state index contributed by atoms with van der Waals surface area (Å²) in [5.74, 6) is -1.23. The highest BCUT2D eigenvalue weighted by Gasteiger charge is 2.33. The predicted molar refractivity (Wildman–Crippen MR) is 160 cm³/mol. The summed E-state index contributed by atoms with van der Waals surface area (Å²) in [6.45, 7) is 4.30. The third kappa shape index (κ3) is 7.71. The minimum Gasteiger partial charge on any atom is -0.493 e. The minimum atomic E-state index is -4.37. The summed E-state index contributed by atoms with van der Waals surface area (Å²) < 4.78 is 54.2. The van der Waals surface area contributed by atoms with Crippen LogP contribution < -0.4 is 19.1 Å². The molecule has 0 aromatic heterocycles. The molecule has 42 heavy (non-hydrogen) atoms. The molecule has 0 bridgehead atoms. The van der Waals surface area contributed by atoms with Gasteiger partial charge in [0.15, 0.2) is 11.5 Å². The Morgan fingerprint density at radius 2 is 1.62 bits per heavy atom. The molecule has 0 saturated heterocycles. The summed E-state index contributed by atoms with van der Waals surface area (Å²) in [4.78, 5) is 28.1. The molecule has 2 atom stereocenters. The molecule has 0 spiro atoms. The third-order valence-corrected chi connectivity index (χ3v) is 8.83. The molecule has 3 aromatic carbocycles. The molecule has 226 valence electrons. The Kier molecular flexibility index (Phi) is 11.2. The Bertz CT molecular complexity index is 1500. The van der Waals surface area contributed by atoms with Gasteiger partial charge in [-0.1, -0.05) is 36.7 Å². The van der Waals surface area contributed by atoms with Crippen LogP contribution in [0.25, 0.3) is 0 Å². The van der Waals surface area contributed by atoms with Crippen molar-refractivity contribution < 1.29 is 31.9 Å². The summed E-state index contributed by atoms with van der Waals surface area (Å²) in [6.07, 6.45) is 0.660. The van der Waals surface area contributed by atoms with Gasteiger partial charge in [-0.05, 0) is 62.7 Å². The zero-order valence-corrected chi connectivity index (χ0v) is 25.7. The summed E-state index contributed by atoms with van der Waals surface area (Å²) in [5.41, 5.74) is 0.333. The Balaban J connectivity index is 2.07. The number of amides is 2. The van der Waals surface area contributed by atoms with Crippen LogP contribution in [0.4, 0.5) is 10.1 Å². The first kappa shape index (κ1) is 32.7. The van der Waals surface area contributed by atoms with E-state index in [0.717, 1.165) is 4.31 Å². The van der Waals surface area contributed by atoms with E-state index in [1.807, 2.05) is 13.8 Å². The van der Waals surface area contributed by atoms with Crippen LogP contribution in [0.1, 0.15) is 32.8 Å². The van der Waals surface area contributed by atoms with E-state index < -0.39 is 40.2 Å². The van der Waals surface area contributed by atoms with Crippen molar-refractivity contribution in [1.29, 1.82) is 0 Å². The molecule has 9 nitrogen and oxygen atoms in total. The number of carbonyl (C=O) groups is 2. The molecule has 0 saturated carbocycles. The fraction of sp³-hybridized carbons (Fsp3) is 0.333. The first-order chi connectivity index (χ1) is 19.9. The summed E-state index contributed by atoms with van der Waals surface area (Å²) >= 11 is 6.06. The number of anilines is 1. The number of nitrogens with one attached hydrogen (secondary N) is 1. The molecule has 0 aliphatic rings. The number of hydrogen-bond acceptors (Lipinski definition) is 6. The third-order valence-electron chi connectivity index (χ3n) is 6.80. The molecule has 2 amide bonds. The molecular formula is C30H35ClFN3O6S. The maximum Gasteiger partial charge on any atom is 0.264 e. The lowest BCUT2D eigenvalue weighted by Crippen LogP contribution is -2.52. The van der Waals surface area contributed by atoms with Crippen LogP contribution >= 0.6 is 11.6 Å². The van der Waals surface area contributed by atoms with Crippen LogP contribution in [0, 0.1) is 5.82 Å². The monoisotopic (exact) mass is 619 g/mol. The molecule has 0 unspecified atom stereocenters. The van der Waals surface area contributed by atoms with Crippen LogP contribution in [-0.4, -0.2) is 58.0 Å². The van der Waals surface area contributed by atoms with Crippen molar-refractivity contribution in [2.45, 2.75) is 50.7 Å². The molecule has 3 aromatic rings. The largest absolute Gasteiger partial charge is 0.493 e. The molecule has 12 heteroatoms. The van der Waals surface area contributed by atoms with E-state index in [-0.39, 0.29) is 34.5 Å². The van der Waals surface area contributed by atoms with Gasteiger partial charge < -0.3 is 19.7 Å². The van der Waals surface area contributed by atoms with Crippen molar-refractivity contribution in [2.75, 3.05) is 25.1 Å². The molecule has 0 radical (unpaired) electrons. The number of rotatable bonds is 13.